The monoisotopic (exact) mass is 248 g/mol. The average Bonchev–Trinajstić information content (AvgIpc) is 2.78. The van der Waals surface area contributed by atoms with Crippen molar-refractivity contribution < 1.29 is 9.53 Å². The first-order chi connectivity index (χ1) is 8.72. The lowest BCUT2D eigenvalue weighted by molar-refractivity contribution is -0.121. The number of rotatable bonds is 4. The summed E-state index contributed by atoms with van der Waals surface area (Å²) < 4.78 is 5.43. The molecule has 2 N–H and O–H groups in total. The fourth-order valence-electron chi connectivity index (χ4n) is 2.29. The molecule has 18 heavy (non-hydrogen) atoms. The molecule has 4 nitrogen and oxygen atoms in total. The minimum absolute atomic E-state index is 0.0152. The summed E-state index contributed by atoms with van der Waals surface area (Å²) >= 11 is 0. The van der Waals surface area contributed by atoms with E-state index in [1.54, 1.807) is 0 Å². The van der Waals surface area contributed by atoms with Crippen LogP contribution in [0.1, 0.15) is 18.9 Å². The molecule has 0 aliphatic carbocycles. The Kier molecular flexibility index (Phi) is 4.33. The van der Waals surface area contributed by atoms with Crippen molar-refractivity contribution in [2.45, 2.75) is 26.0 Å². The lowest BCUT2D eigenvalue weighted by Crippen LogP contribution is -2.28. The molecule has 1 aromatic rings. The Morgan fingerprint density at radius 1 is 1.44 bits per heavy atom. The normalized spacial score (nSPS) is 23.0. The molecule has 1 heterocycles. The highest BCUT2D eigenvalue weighted by Gasteiger charge is 2.30. The average molecular weight is 248 g/mol. The second-order valence-corrected chi connectivity index (χ2v) is 4.65. The standard InChI is InChI=1S/C14H20N2O2/c1-10-12(7-8-18-10)14(17)16-13-6-4-3-5-11(13)9-15-2/h3-6,10,12,15H,7-9H2,1-2H3,(H,16,17). The highest BCUT2D eigenvalue weighted by molar-refractivity contribution is 5.93. The third kappa shape index (κ3) is 2.89. The van der Waals surface area contributed by atoms with Crippen LogP contribution in [0.15, 0.2) is 24.3 Å². The number of anilines is 1. The summed E-state index contributed by atoms with van der Waals surface area (Å²) in [6.45, 7) is 3.38. The van der Waals surface area contributed by atoms with Crippen molar-refractivity contribution in [1.29, 1.82) is 0 Å². The lowest BCUT2D eigenvalue weighted by atomic mass is 10.0. The summed E-state index contributed by atoms with van der Waals surface area (Å²) in [5.41, 5.74) is 1.98. The molecule has 1 aliphatic heterocycles. The molecule has 1 fully saturated rings. The van der Waals surface area contributed by atoms with Crippen molar-refractivity contribution in [3.8, 4) is 0 Å². The molecule has 1 aliphatic rings. The van der Waals surface area contributed by atoms with Crippen molar-refractivity contribution in [2.75, 3.05) is 19.0 Å². The van der Waals surface area contributed by atoms with Gasteiger partial charge in [0.05, 0.1) is 12.0 Å². The minimum atomic E-state index is -0.0346. The van der Waals surface area contributed by atoms with E-state index in [9.17, 15) is 4.79 Å². The van der Waals surface area contributed by atoms with E-state index in [2.05, 4.69) is 10.6 Å². The number of para-hydroxylation sites is 1. The van der Waals surface area contributed by atoms with Gasteiger partial charge in [-0.15, -0.1) is 0 Å². The summed E-state index contributed by atoms with van der Waals surface area (Å²) in [6, 6.07) is 7.86. The first-order valence-corrected chi connectivity index (χ1v) is 6.37. The summed E-state index contributed by atoms with van der Waals surface area (Å²) in [5.74, 6) is 0.0243. The summed E-state index contributed by atoms with van der Waals surface area (Å²) in [5, 5.41) is 6.11. The van der Waals surface area contributed by atoms with Crippen LogP contribution < -0.4 is 10.6 Å². The minimum Gasteiger partial charge on any atom is -0.378 e. The van der Waals surface area contributed by atoms with Gasteiger partial charge in [0, 0.05) is 18.8 Å². The Labute approximate surface area is 108 Å². The molecule has 0 aromatic heterocycles. The van der Waals surface area contributed by atoms with Crippen LogP contribution in [0.5, 0.6) is 0 Å². The molecule has 98 valence electrons. The fraction of sp³-hybridized carbons (Fsp3) is 0.500. The molecule has 0 saturated carbocycles. The van der Waals surface area contributed by atoms with Gasteiger partial charge in [-0.1, -0.05) is 18.2 Å². The maximum atomic E-state index is 12.2. The second-order valence-electron chi connectivity index (χ2n) is 4.65. The maximum Gasteiger partial charge on any atom is 0.230 e. The molecule has 2 atom stereocenters. The quantitative estimate of drug-likeness (QED) is 0.853. The van der Waals surface area contributed by atoms with Gasteiger partial charge in [0.2, 0.25) is 5.91 Å². The fourth-order valence-corrected chi connectivity index (χ4v) is 2.29. The van der Waals surface area contributed by atoms with E-state index in [1.807, 2.05) is 38.2 Å². The number of hydrogen-bond donors (Lipinski definition) is 2. The van der Waals surface area contributed by atoms with Gasteiger partial charge >= 0.3 is 0 Å². The van der Waals surface area contributed by atoms with Gasteiger partial charge in [0.25, 0.3) is 0 Å². The molecule has 1 saturated heterocycles. The second kappa shape index (κ2) is 5.98. The van der Waals surface area contributed by atoms with E-state index in [0.717, 1.165) is 24.2 Å². The van der Waals surface area contributed by atoms with E-state index in [1.165, 1.54) is 0 Å². The van der Waals surface area contributed by atoms with E-state index in [0.29, 0.717) is 6.61 Å². The van der Waals surface area contributed by atoms with Crippen LogP contribution in [0.2, 0.25) is 0 Å². The van der Waals surface area contributed by atoms with Crippen molar-refractivity contribution in [3.05, 3.63) is 29.8 Å². The molecule has 1 amide bonds. The summed E-state index contributed by atoms with van der Waals surface area (Å²) in [6.07, 6.45) is 0.822. The molecule has 2 rings (SSSR count). The van der Waals surface area contributed by atoms with Crippen molar-refractivity contribution in [2.24, 2.45) is 5.92 Å². The van der Waals surface area contributed by atoms with E-state index >= 15 is 0 Å². The maximum absolute atomic E-state index is 12.2. The Bertz CT molecular complexity index is 420. The summed E-state index contributed by atoms with van der Waals surface area (Å²) in [7, 11) is 1.89. The van der Waals surface area contributed by atoms with Crippen LogP contribution in [-0.2, 0) is 16.1 Å². The molecule has 4 heteroatoms. The van der Waals surface area contributed by atoms with E-state index in [-0.39, 0.29) is 17.9 Å². The van der Waals surface area contributed by atoms with Crippen LogP contribution in [0.4, 0.5) is 5.69 Å². The third-order valence-corrected chi connectivity index (χ3v) is 3.36. The molecule has 0 spiro atoms. The van der Waals surface area contributed by atoms with Gasteiger partial charge in [0.1, 0.15) is 0 Å². The number of ether oxygens (including phenoxy) is 1. The highest BCUT2D eigenvalue weighted by Crippen LogP contribution is 2.23. The zero-order chi connectivity index (χ0) is 13.0. The van der Waals surface area contributed by atoms with Crippen LogP contribution in [0.3, 0.4) is 0 Å². The highest BCUT2D eigenvalue weighted by atomic mass is 16.5. The number of amides is 1. The van der Waals surface area contributed by atoms with Gasteiger partial charge in [-0.3, -0.25) is 4.79 Å². The van der Waals surface area contributed by atoms with Crippen LogP contribution in [0.25, 0.3) is 0 Å². The molecular formula is C14H20N2O2. The van der Waals surface area contributed by atoms with Crippen LogP contribution >= 0.6 is 0 Å². The van der Waals surface area contributed by atoms with Gasteiger partial charge in [-0.2, -0.15) is 0 Å². The number of carbonyl (C=O) groups is 1. The topological polar surface area (TPSA) is 50.4 Å². The number of hydrogen-bond acceptors (Lipinski definition) is 3. The van der Waals surface area contributed by atoms with E-state index < -0.39 is 0 Å². The smallest absolute Gasteiger partial charge is 0.230 e. The van der Waals surface area contributed by atoms with Crippen molar-refractivity contribution >= 4 is 11.6 Å². The first-order valence-electron chi connectivity index (χ1n) is 6.37. The molecule has 0 radical (unpaired) electrons. The predicted octanol–water partition coefficient (Wildman–Crippen LogP) is 1.77. The molecule has 1 aromatic carbocycles. The van der Waals surface area contributed by atoms with Gasteiger partial charge in [-0.25, -0.2) is 0 Å². The van der Waals surface area contributed by atoms with Gasteiger partial charge in [-0.05, 0) is 32.0 Å². The number of carbonyl (C=O) groups excluding carboxylic acids is 1. The van der Waals surface area contributed by atoms with Crippen LogP contribution in [-0.4, -0.2) is 25.7 Å². The Morgan fingerprint density at radius 2 is 2.22 bits per heavy atom. The SMILES string of the molecule is CNCc1ccccc1NC(=O)C1CCOC1C. The predicted molar refractivity (Wildman–Crippen MR) is 71.4 cm³/mol. The molecule has 0 bridgehead atoms. The van der Waals surface area contributed by atoms with Crippen molar-refractivity contribution in [1.82, 2.24) is 5.32 Å². The third-order valence-electron chi connectivity index (χ3n) is 3.36. The van der Waals surface area contributed by atoms with Gasteiger partial charge in [0.15, 0.2) is 0 Å². The Hall–Kier alpha value is -1.39. The molecular weight excluding hydrogens is 228 g/mol. The number of benzene rings is 1. The van der Waals surface area contributed by atoms with Gasteiger partial charge < -0.3 is 15.4 Å². The zero-order valence-electron chi connectivity index (χ0n) is 10.9. The lowest BCUT2D eigenvalue weighted by Gasteiger charge is -2.16. The first kappa shape index (κ1) is 13.1. The van der Waals surface area contributed by atoms with Crippen molar-refractivity contribution in [3.63, 3.8) is 0 Å². The summed E-state index contributed by atoms with van der Waals surface area (Å²) in [4.78, 5) is 12.2. The Balaban J connectivity index is 2.06. The zero-order valence-corrected chi connectivity index (χ0v) is 10.9. The van der Waals surface area contributed by atoms with Crippen LogP contribution in [0, 0.1) is 5.92 Å². The number of nitrogens with one attached hydrogen (secondary N) is 2. The van der Waals surface area contributed by atoms with E-state index in [4.69, 9.17) is 4.74 Å². The largest absolute Gasteiger partial charge is 0.378 e. The molecule has 2 unspecified atom stereocenters. The Morgan fingerprint density at radius 3 is 2.89 bits per heavy atom.